The Morgan fingerprint density at radius 1 is 1.43 bits per heavy atom. The van der Waals surface area contributed by atoms with E-state index in [1.807, 2.05) is 25.3 Å². The van der Waals surface area contributed by atoms with Gasteiger partial charge in [-0.1, -0.05) is 38.4 Å². The molecule has 7 nitrogen and oxygen atoms in total. The highest BCUT2D eigenvalue weighted by Gasteiger charge is 2.39. The van der Waals surface area contributed by atoms with Crippen LogP contribution in [0.5, 0.6) is 0 Å². The zero-order valence-corrected chi connectivity index (χ0v) is 18.3. The molecule has 2 aromatic rings. The van der Waals surface area contributed by atoms with Crippen LogP contribution in [0, 0.1) is 0 Å². The van der Waals surface area contributed by atoms with Crippen molar-refractivity contribution < 1.29 is 14.3 Å². The van der Waals surface area contributed by atoms with Crippen molar-refractivity contribution in [2.24, 2.45) is 0 Å². The summed E-state index contributed by atoms with van der Waals surface area (Å²) < 4.78 is 4.97. The summed E-state index contributed by atoms with van der Waals surface area (Å²) in [6.07, 6.45) is 4.01. The van der Waals surface area contributed by atoms with Crippen molar-refractivity contribution in [2.45, 2.75) is 58.5 Å². The lowest BCUT2D eigenvalue weighted by Gasteiger charge is -2.28. The maximum atomic E-state index is 13.5. The first-order chi connectivity index (χ1) is 14.3. The number of allylic oxidation sites excluding steroid dienone is 1. The fourth-order valence-corrected chi connectivity index (χ4v) is 3.88. The molecule has 2 amide bonds. The lowest BCUT2D eigenvalue weighted by Crippen LogP contribution is -2.49. The summed E-state index contributed by atoms with van der Waals surface area (Å²) in [5.74, 6) is 0.752. The van der Waals surface area contributed by atoms with Crippen LogP contribution in [0.3, 0.4) is 0 Å². The molecule has 1 aromatic heterocycles. The van der Waals surface area contributed by atoms with E-state index in [-0.39, 0.29) is 17.7 Å². The molecule has 0 aliphatic carbocycles. The number of alkyl carbamates (subject to hydrolysis) is 1. The van der Waals surface area contributed by atoms with Gasteiger partial charge in [-0.15, -0.1) is 0 Å². The summed E-state index contributed by atoms with van der Waals surface area (Å²) in [5, 5.41) is 3.26. The summed E-state index contributed by atoms with van der Waals surface area (Å²) in [4.78, 5) is 35.2. The number of benzene rings is 1. The van der Waals surface area contributed by atoms with Crippen molar-refractivity contribution in [1.29, 1.82) is 0 Å². The molecule has 2 heterocycles. The van der Waals surface area contributed by atoms with Gasteiger partial charge in [0.2, 0.25) is 5.91 Å². The van der Waals surface area contributed by atoms with Crippen molar-refractivity contribution in [3.63, 3.8) is 0 Å². The van der Waals surface area contributed by atoms with Gasteiger partial charge in [0.05, 0.1) is 11.8 Å². The van der Waals surface area contributed by atoms with Gasteiger partial charge in [0.25, 0.3) is 0 Å². The molecule has 160 valence electrons. The van der Waals surface area contributed by atoms with Crippen LogP contribution >= 0.6 is 11.6 Å². The predicted molar refractivity (Wildman–Crippen MR) is 116 cm³/mol. The Balaban J connectivity index is 1.92. The van der Waals surface area contributed by atoms with E-state index < -0.39 is 12.1 Å². The lowest BCUT2D eigenvalue weighted by molar-refractivity contribution is -0.121. The molecular weight excluding hydrogens is 404 g/mol. The third-order valence-corrected chi connectivity index (χ3v) is 5.25. The number of fused-ring (bicyclic) bond motifs is 1. The minimum Gasteiger partial charge on any atom is -0.416 e. The first-order valence-electron chi connectivity index (χ1n) is 10.1. The first kappa shape index (κ1) is 21.9. The SMILES string of the molecule is C=C(C)OC(=O)NC(CC)C(=O)N1c2ccc(Cl)cc2CC1c1ncc(CCC)[nH]1. The molecule has 0 saturated carbocycles. The van der Waals surface area contributed by atoms with E-state index in [1.165, 1.54) is 0 Å². The Kier molecular flexibility index (Phi) is 6.82. The smallest absolute Gasteiger partial charge is 0.412 e. The number of nitrogens with one attached hydrogen (secondary N) is 2. The van der Waals surface area contributed by atoms with Crippen molar-refractivity contribution in [1.82, 2.24) is 15.3 Å². The molecule has 1 aromatic carbocycles. The molecule has 2 atom stereocenters. The van der Waals surface area contributed by atoms with E-state index in [2.05, 4.69) is 28.8 Å². The third kappa shape index (κ3) is 4.67. The van der Waals surface area contributed by atoms with Crippen LogP contribution in [0.4, 0.5) is 10.5 Å². The summed E-state index contributed by atoms with van der Waals surface area (Å²) in [6, 6.07) is 4.43. The number of H-pyrrole nitrogens is 1. The number of rotatable bonds is 7. The highest BCUT2D eigenvalue weighted by molar-refractivity contribution is 6.30. The first-order valence-corrected chi connectivity index (χ1v) is 10.5. The van der Waals surface area contributed by atoms with Gasteiger partial charge in [-0.3, -0.25) is 9.69 Å². The van der Waals surface area contributed by atoms with Gasteiger partial charge >= 0.3 is 6.09 Å². The van der Waals surface area contributed by atoms with Gasteiger partial charge in [-0.25, -0.2) is 9.78 Å². The quantitative estimate of drug-likeness (QED) is 0.624. The van der Waals surface area contributed by atoms with Crippen molar-refractivity contribution in [3.05, 3.63) is 58.8 Å². The second-order valence-electron chi connectivity index (χ2n) is 7.44. The molecule has 2 unspecified atom stereocenters. The van der Waals surface area contributed by atoms with Crippen molar-refractivity contribution in [3.8, 4) is 0 Å². The maximum absolute atomic E-state index is 13.5. The second-order valence-corrected chi connectivity index (χ2v) is 7.88. The highest BCUT2D eigenvalue weighted by atomic mass is 35.5. The molecule has 8 heteroatoms. The van der Waals surface area contributed by atoms with E-state index in [0.29, 0.717) is 17.9 Å². The fourth-order valence-electron chi connectivity index (χ4n) is 3.69. The van der Waals surface area contributed by atoms with Crippen LogP contribution in [-0.4, -0.2) is 28.0 Å². The number of carbonyl (C=O) groups excluding carboxylic acids is 2. The molecule has 0 spiro atoms. The number of anilines is 1. The average Bonchev–Trinajstić information content (AvgIpc) is 3.29. The van der Waals surface area contributed by atoms with Gasteiger partial charge in [0.15, 0.2) is 0 Å². The summed E-state index contributed by atoms with van der Waals surface area (Å²) in [6.45, 7) is 9.07. The van der Waals surface area contributed by atoms with Crippen molar-refractivity contribution in [2.75, 3.05) is 4.90 Å². The van der Waals surface area contributed by atoms with Crippen LogP contribution in [0.1, 0.15) is 56.7 Å². The Labute approximate surface area is 181 Å². The lowest BCUT2D eigenvalue weighted by atomic mass is 10.1. The number of halogens is 1. The zero-order chi connectivity index (χ0) is 21.8. The number of hydrogen-bond donors (Lipinski definition) is 2. The van der Waals surface area contributed by atoms with Crippen molar-refractivity contribution >= 4 is 29.3 Å². The van der Waals surface area contributed by atoms with E-state index in [4.69, 9.17) is 16.3 Å². The number of hydrogen-bond acceptors (Lipinski definition) is 4. The summed E-state index contributed by atoms with van der Waals surface area (Å²) in [5.41, 5.74) is 2.77. The largest absolute Gasteiger partial charge is 0.416 e. The fraction of sp³-hybridized carbons (Fsp3) is 0.409. The number of imidazole rings is 1. The van der Waals surface area contributed by atoms with E-state index in [9.17, 15) is 9.59 Å². The van der Waals surface area contributed by atoms with Gasteiger partial charge in [-0.05, 0) is 43.5 Å². The zero-order valence-electron chi connectivity index (χ0n) is 17.5. The molecule has 3 rings (SSSR count). The Hall–Kier alpha value is -2.80. The number of aryl methyl sites for hydroxylation is 1. The summed E-state index contributed by atoms with van der Waals surface area (Å²) >= 11 is 6.19. The van der Waals surface area contributed by atoms with Crippen LogP contribution in [-0.2, 0) is 22.4 Å². The highest BCUT2D eigenvalue weighted by Crippen LogP contribution is 2.41. The molecule has 1 aliphatic heterocycles. The molecule has 2 N–H and O–H groups in total. The van der Waals surface area contributed by atoms with Crippen LogP contribution in [0.2, 0.25) is 5.02 Å². The molecule has 1 aliphatic rings. The Morgan fingerprint density at radius 2 is 2.20 bits per heavy atom. The normalized spacial score (nSPS) is 16.1. The van der Waals surface area contributed by atoms with Gasteiger partial charge in [0.1, 0.15) is 11.9 Å². The second kappa shape index (κ2) is 9.34. The van der Waals surface area contributed by atoms with E-state index in [1.54, 1.807) is 17.9 Å². The minimum absolute atomic E-state index is 0.226. The number of carbonyl (C=O) groups is 2. The monoisotopic (exact) mass is 430 g/mol. The molecule has 0 radical (unpaired) electrons. The molecular formula is C22H27ClN4O3. The van der Waals surface area contributed by atoms with Gasteiger partial charge in [0, 0.05) is 29.0 Å². The molecule has 30 heavy (non-hydrogen) atoms. The Morgan fingerprint density at radius 3 is 2.87 bits per heavy atom. The maximum Gasteiger partial charge on any atom is 0.412 e. The number of ether oxygens (including phenoxy) is 1. The Bertz CT molecular complexity index is 956. The molecule has 0 bridgehead atoms. The minimum atomic E-state index is -0.744. The molecule has 0 fully saturated rings. The van der Waals surface area contributed by atoms with Gasteiger partial charge in [-0.2, -0.15) is 0 Å². The topological polar surface area (TPSA) is 87.3 Å². The van der Waals surface area contributed by atoms with E-state index >= 15 is 0 Å². The summed E-state index contributed by atoms with van der Waals surface area (Å²) in [7, 11) is 0. The molecule has 0 saturated heterocycles. The predicted octanol–water partition coefficient (Wildman–Crippen LogP) is 4.68. The van der Waals surface area contributed by atoms with Crippen LogP contribution in [0.25, 0.3) is 0 Å². The number of nitrogens with zero attached hydrogens (tertiary/aromatic N) is 2. The van der Waals surface area contributed by atoms with Gasteiger partial charge < -0.3 is 15.0 Å². The van der Waals surface area contributed by atoms with Crippen LogP contribution in [0.15, 0.2) is 36.7 Å². The standard InChI is InChI=1S/C22H27ClN4O3/c1-5-7-16-12-24-20(25-16)19-11-14-10-15(23)8-9-18(14)27(19)21(28)17(6-2)26-22(29)30-13(3)4/h8-10,12,17,19H,3,5-7,11H2,1-2,4H3,(H,24,25)(H,26,29). The average molecular weight is 431 g/mol. The number of aromatic amines is 1. The number of aromatic nitrogens is 2. The third-order valence-electron chi connectivity index (χ3n) is 5.01. The number of amides is 2. The van der Waals surface area contributed by atoms with Crippen LogP contribution < -0.4 is 10.2 Å². The van der Waals surface area contributed by atoms with E-state index in [0.717, 1.165) is 35.6 Å².